The van der Waals surface area contributed by atoms with E-state index in [4.69, 9.17) is 9.84 Å². The number of carbonyl (C=O) groups is 2. The van der Waals surface area contributed by atoms with Gasteiger partial charge in [-0.15, -0.1) is 0 Å². The van der Waals surface area contributed by atoms with Crippen molar-refractivity contribution in [1.29, 1.82) is 0 Å². The number of nitrogens with zero attached hydrogens (tertiary/aromatic N) is 1. The number of hydrogen-bond acceptors (Lipinski definition) is 5. The number of aliphatic hydroxyl groups is 2. The molecule has 7 nitrogen and oxygen atoms in total. The summed E-state index contributed by atoms with van der Waals surface area (Å²) in [5.74, 6) is 0.480. The van der Waals surface area contributed by atoms with Gasteiger partial charge < -0.3 is 25.2 Å². The Labute approximate surface area is 208 Å². The molecule has 180 valence electrons. The van der Waals surface area contributed by atoms with Crippen molar-refractivity contribution in [2.75, 3.05) is 13.2 Å². The molecule has 1 aromatic carbocycles. The highest BCUT2D eigenvalue weighted by molar-refractivity contribution is 14.1. The summed E-state index contributed by atoms with van der Waals surface area (Å²) in [6, 6.07) is 7.11. The molecule has 1 aromatic rings. The van der Waals surface area contributed by atoms with Crippen molar-refractivity contribution < 1.29 is 24.5 Å². The van der Waals surface area contributed by atoms with E-state index in [1.165, 1.54) is 6.42 Å². The third-order valence-electron chi connectivity index (χ3n) is 6.82. The van der Waals surface area contributed by atoms with E-state index in [2.05, 4.69) is 27.9 Å². The van der Waals surface area contributed by atoms with E-state index >= 15 is 0 Å². The molecule has 0 radical (unpaired) electrons. The molecule has 0 unspecified atom stereocenters. The van der Waals surface area contributed by atoms with Gasteiger partial charge in [0.05, 0.1) is 16.2 Å². The predicted molar refractivity (Wildman–Crippen MR) is 133 cm³/mol. The van der Waals surface area contributed by atoms with E-state index in [1.54, 1.807) is 6.08 Å². The Morgan fingerprint density at radius 1 is 1.12 bits per heavy atom. The highest BCUT2D eigenvalue weighted by atomic mass is 127. The van der Waals surface area contributed by atoms with Crippen LogP contribution in [0.1, 0.15) is 51.4 Å². The van der Waals surface area contributed by atoms with Gasteiger partial charge in [0.25, 0.3) is 0 Å². The van der Waals surface area contributed by atoms with E-state index in [9.17, 15) is 14.7 Å². The molecular weight excluding hydrogens is 535 g/mol. The SMILES string of the molecule is O=C(NCCO)C1=C[C@H](Oc2ccccc2I)[C@@H](O)[C@H](N(C(=O)C2CC2)C2CCCCC2)C1. The van der Waals surface area contributed by atoms with Crippen molar-refractivity contribution in [3.05, 3.63) is 39.5 Å². The van der Waals surface area contributed by atoms with Crippen LogP contribution in [0.5, 0.6) is 5.75 Å². The average molecular weight is 568 g/mol. The Bertz CT molecular complexity index is 881. The molecule has 0 bridgehead atoms. The topological polar surface area (TPSA) is 99.1 Å². The van der Waals surface area contributed by atoms with Gasteiger partial charge in [0.15, 0.2) is 0 Å². The molecule has 3 atom stereocenters. The minimum Gasteiger partial charge on any atom is -0.482 e. The minimum atomic E-state index is -0.944. The van der Waals surface area contributed by atoms with Gasteiger partial charge in [-0.3, -0.25) is 9.59 Å². The van der Waals surface area contributed by atoms with E-state index in [0.717, 1.165) is 42.1 Å². The standard InChI is InChI=1S/C25H33IN2O5/c26-19-8-4-5-9-21(19)33-22-15-17(24(31)27-12-13-29)14-20(23(22)30)28(25(32)16-10-11-16)18-6-2-1-3-7-18/h4-5,8-9,15-16,18,20,22-23,29-30H,1-3,6-7,10-14H2,(H,27,31)/t20-,22+,23+/m1/s1. The first-order valence-electron chi connectivity index (χ1n) is 12.0. The number of hydrogen-bond donors (Lipinski definition) is 3. The van der Waals surface area contributed by atoms with Crippen LogP contribution in [-0.4, -0.2) is 64.4 Å². The minimum absolute atomic E-state index is 0.0335. The highest BCUT2D eigenvalue weighted by Crippen LogP contribution is 2.38. The van der Waals surface area contributed by atoms with Gasteiger partial charge in [-0.05, 0) is 66.5 Å². The fourth-order valence-electron chi connectivity index (χ4n) is 4.95. The Kier molecular flexibility index (Phi) is 8.29. The van der Waals surface area contributed by atoms with E-state index in [-0.39, 0.29) is 43.3 Å². The van der Waals surface area contributed by atoms with Gasteiger partial charge in [0.2, 0.25) is 11.8 Å². The summed E-state index contributed by atoms with van der Waals surface area (Å²) < 4.78 is 7.11. The zero-order valence-electron chi connectivity index (χ0n) is 18.8. The largest absolute Gasteiger partial charge is 0.482 e. The van der Waals surface area contributed by atoms with Crippen LogP contribution in [-0.2, 0) is 9.59 Å². The van der Waals surface area contributed by atoms with Crippen LogP contribution < -0.4 is 10.1 Å². The lowest BCUT2D eigenvalue weighted by Crippen LogP contribution is -2.58. The first-order valence-corrected chi connectivity index (χ1v) is 13.1. The number of benzene rings is 1. The van der Waals surface area contributed by atoms with Crippen LogP contribution in [0.25, 0.3) is 0 Å². The first kappa shape index (κ1) is 24.5. The number of nitrogens with one attached hydrogen (secondary N) is 1. The molecule has 0 aliphatic heterocycles. The molecule has 0 saturated heterocycles. The summed E-state index contributed by atoms with van der Waals surface area (Å²) in [6.45, 7) is 0.000419. The van der Waals surface area contributed by atoms with Gasteiger partial charge in [-0.25, -0.2) is 0 Å². The molecule has 2 saturated carbocycles. The van der Waals surface area contributed by atoms with Crippen LogP contribution >= 0.6 is 22.6 Å². The summed E-state index contributed by atoms with van der Waals surface area (Å²) in [7, 11) is 0. The van der Waals surface area contributed by atoms with Crippen molar-refractivity contribution in [2.45, 2.75) is 75.7 Å². The van der Waals surface area contributed by atoms with Crippen LogP contribution in [0, 0.1) is 9.49 Å². The monoisotopic (exact) mass is 568 g/mol. The van der Waals surface area contributed by atoms with E-state index in [0.29, 0.717) is 11.3 Å². The Hall–Kier alpha value is -1.65. The lowest BCUT2D eigenvalue weighted by molar-refractivity contribution is -0.144. The fourth-order valence-corrected chi connectivity index (χ4v) is 5.46. The van der Waals surface area contributed by atoms with Gasteiger partial charge in [0.1, 0.15) is 18.0 Å². The van der Waals surface area contributed by atoms with Crippen molar-refractivity contribution in [2.24, 2.45) is 5.92 Å². The van der Waals surface area contributed by atoms with Gasteiger partial charge in [-0.2, -0.15) is 0 Å². The lowest BCUT2D eigenvalue weighted by Gasteiger charge is -2.45. The average Bonchev–Trinajstić information content (AvgIpc) is 3.67. The molecule has 3 aliphatic carbocycles. The number of ether oxygens (including phenoxy) is 1. The van der Waals surface area contributed by atoms with Crippen LogP contribution in [0.15, 0.2) is 35.9 Å². The van der Waals surface area contributed by atoms with E-state index < -0.39 is 18.2 Å². The quantitative estimate of drug-likeness (QED) is 0.419. The van der Waals surface area contributed by atoms with Crippen molar-refractivity contribution in [3.8, 4) is 5.75 Å². The van der Waals surface area contributed by atoms with E-state index in [1.807, 2.05) is 29.2 Å². The van der Waals surface area contributed by atoms with Gasteiger partial charge >= 0.3 is 0 Å². The number of amides is 2. The Balaban J connectivity index is 1.65. The molecule has 4 rings (SSSR count). The molecule has 8 heteroatoms. The fraction of sp³-hybridized carbons (Fsp3) is 0.600. The zero-order chi connectivity index (χ0) is 23.4. The second kappa shape index (κ2) is 11.2. The first-order chi connectivity index (χ1) is 16.0. The normalized spacial score (nSPS) is 25.8. The molecule has 0 aromatic heterocycles. The van der Waals surface area contributed by atoms with Crippen molar-refractivity contribution in [3.63, 3.8) is 0 Å². The highest BCUT2D eigenvalue weighted by Gasteiger charge is 2.46. The number of rotatable bonds is 8. The summed E-state index contributed by atoms with van der Waals surface area (Å²) >= 11 is 2.18. The van der Waals surface area contributed by atoms with Crippen molar-refractivity contribution in [1.82, 2.24) is 10.2 Å². The molecule has 0 heterocycles. The molecule has 33 heavy (non-hydrogen) atoms. The number of carbonyl (C=O) groups excluding carboxylic acids is 2. The molecule has 2 fully saturated rings. The number of halogens is 1. The molecular formula is C25H33IN2O5. The number of aliphatic hydroxyl groups excluding tert-OH is 2. The predicted octanol–water partition coefficient (Wildman–Crippen LogP) is 2.78. The van der Waals surface area contributed by atoms with Gasteiger partial charge in [-0.1, -0.05) is 31.4 Å². The third-order valence-corrected chi connectivity index (χ3v) is 7.71. The second-order valence-electron chi connectivity index (χ2n) is 9.26. The van der Waals surface area contributed by atoms with Gasteiger partial charge in [0, 0.05) is 30.5 Å². The summed E-state index contributed by atoms with van der Waals surface area (Å²) in [5.41, 5.74) is 0.485. The summed E-state index contributed by atoms with van der Waals surface area (Å²) in [5, 5.41) is 23.3. The summed E-state index contributed by atoms with van der Waals surface area (Å²) in [6.07, 6.45) is 7.22. The Morgan fingerprint density at radius 2 is 1.85 bits per heavy atom. The molecule has 3 N–H and O–H groups in total. The maximum atomic E-state index is 13.4. The van der Waals surface area contributed by atoms with Crippen LogP contribution in [0.3, 0.4) is 0 Å². The Morgan fingerprint density at radius 3 is 2.52 bits per heavy atom. The second-order valence-corrected chi connectivity index (χ2v) is 10.4. The third kappa shape index (κ3) is 5.89. The lowest BCUT2D eigenvalue weighted by atomic mass is 9.85. The van der Waals surface area contributed by atoms with Crippen LogP contribution in [0.4, 0.5) is 0 Å². The summed E-state index contributed by atoms with van der Waals surface area (Å²) in [4.78, 5) is 28.2. The molecule has 0 spiro atoms. The van der Waals surface area contributed by atoms with Crippen LogP contribution in [0.2, 0.25) is 0 Å². The number of para-hydroxylation sites is 1. The molecule has 3 aliphatic rings. The smallest absolute Gasteiger partial charge is 0.247 e. The van der Waals surface area contributed by atoms with Crippen molar-refractivity contribution >= 4 is 34.4 Å². The maximum Gasteiger partial charge on any atom is 0.247 e. The molecule has 2 amide bonds. The maximum absolute atomic E-state index is 13.4. The zero-order valence-corrected chi connectivity index (χ0v) is 20.9.